The maximum Gasteiger partial charge on any atom is 0.122 e. The second kappa shape index (κ2) is 5.75. The lowest BCUT2D eigenvalue weighted by atomic mass is 9.99. The Morgan fingerprint density at radius 3 is 2.56 bits per heavy atom. The topological polar surface area (TPSA) is 21.8 Å². The van der Waals surface area contributed by atoms with Gasteiger partial charge in [0.25, 0.3) is 0 Å². The van der Waals surface area contributed by atoms with Crippen molar-refractivity contribution in [2.75, 3.05) is 6.61 Å². The van der Waals surface area contributed by atoms with E-state index in [0.717, 1.165) is 31.6 Å². The summed E-state index contributed by atoms with van der Waals surface area (Å²) >= 11 is 0. The fraction of sp³-hybridized carbons (Fsp3) is 0.625. The largest absolute Gasteiger partial charge is 0.493 e. The summed E-state index contributed by atoms with van der Waals surface area (Å²) < 4.78 is 11.2. The Hall–Kier alpha value is -1.02. The lowest BCUT2D eigenvalue weighted by molar-refractivity contribution is 0.315. The van der Waals surface area contributed by atoms with E-state index in [-0.39, 0.29) is 0 Å². The van der Waals surface area contributed by atoms with Crippen LogP contribution >= 0.6 is 0 Å². The van der Waals surface area contributed by atoms with Gasteiger partial charge in [0, 0.05) is 0 Å². The Balaban J connectivity index is 2.00. The van der Waals surface area contributed by atoms with Gasteiger partial charge in [0.2, 0.25) is 0 Å². The van der Waals surface area contributed by atoms with Gasteiger partial charge in [-0.05, 0) is 62.8 Å². The summed E-state index contributed by atoms with van der Waals surface area (Å²) in [4.78, 5) is 0. The minimum atomic E-state index is 0.471. The highest BCUT2D eigenvalue weighted by Gasteiger charge is 2.33. The highest BCUT2D eigenvalue weighted by Crippen LogP contribution is 2.28. The Labute approximate surface area is 110 Å². The molecule has 1 aliphatic rings. The van der Waals surface area contributed by atoms with Crippen LogP contribution in [0.15, 0.2) is 12.1 Å². The van der Waals surface area contributed by atoms with Crippen LogP contribution in [0.3, 0.4) is 0 Å². The highest BCUT2D eigenvalue weighted by atomic mass is 16.6. The number of aryl methyl sites for hydroxylation is 3. The number of epoxide rings is 1. The number of hydrogen-bond donors (Lipinski definition) is 0. The van der Waals surface area contributed by atoms with Crippen LogP contribution < -0.4 is 4.74 Å². The maximum absolute atomic E-state index is 5.75. The first kappa shape index (κ1) is 13.4. The van der Waals surface area contributed by atoms with Crippen LogP contribution in [0.1, 0.15) is 43.4 Å². The predicted molar refractivity (Wildman–Crippen MR) is 74.4 cm³/mol. The van der Waals surface area contributed by atoms with Gasteiger partial charge in [0.05, 0.1) is 18.8 Å². The van der Waals surface area contributed by atoms with Crippen molar-refractivity contribution in [3.05, 3.63) is 28.8 Å². The molecule has 2 unspecified atom stereocenters. The van der Waals surface area contributed by atoms with Crippen molar-refractivity contribution in [2.24, 2.45) is 0 Å². The molecule has 1 heterocycles. The van der Waals surface area contributed by atoms with E-state index in [1.165, 1.54) is 16.7 Å². The van der Waals surface area contributed by atoms with Crippen LogP contribution in [-0.4, -0.2) is 18.8 Å². The van der Waals surface area contributed by atoms with Gasteiger partial charge in [0.1, 0.15) is 5.75 Å². The van der Waals surface area contributed by atoms with E-state index in [1.807, 2.05) is 0 Å². The minimum Gasteiger partial charge on any atom is -0.493 e. The van der Waals surface area contributed by atoms with Gasteiger partial charge in [-0.2, -0.15) is 0 Å². The number of ether oxygens (including phenoxy) is 2. The van der Waals surface area contributed by atoms with Gasteiger partial charge < -0.3 is 9.47 Å². The molecule has 0 amide bonds. The summed E-state index contributed by atoms with van der Waals surface area (Å²) in [6.07, 6.45) is 4.25. The molecule has 0 aliphatic carbocycles. The zero-order chi connectivity index (χ0) is 13.1. The number of hydrogen-bond acceptors (Lipinski definition) is 2. The van der Waals surface area contributed by atoms with Crippen LogP contribution in [0, 0.1) is 13.8 Å². The quantitative estimate of drug-likeness (QED) is 0.714. The van der Waals surface area contributed by atoms with E-state index >= 15 is 0 Å². The molecule has 0 bridgehead atoms. The molecule has 0 saturated carbocycles. The molecule has 0 N–H and O–H groups in total. The fourth-order valence-electron chi connectivity index (χ4n) is 2.32. The lowest BCUT2D eigenvalue weighted by Crippen LogP contribution is -2.01. The average molecular weight is 248 g/mol. The summed E-state index contributed by atoms with van der Waals surface area (Å²) in [5, 5.41) is 0. The summed E-state index contributed by atoms with van der Waals surface area (Å²) in [5.41, 5.74) is 4.01. The van der Waals surface area contributed by atoms with Crippen molar-refractivity contribution in [3.8, 4) is 5.75 Å². The molecule has 0 aromatic heterocycles. The van der Waals surface area contributed by atoms with Gasteiger partial charge in [-0.3, -0.25) is 0 Å². The first-order valence-corrected chi connectivity index (χ1v) is 7.00. The normalized spacial score (nSPS) is 22.0. The van der Waals surface area contributed by atoms with Crippen molar-refractivity contribution in [2.45, 2.75) is 59.2 Å². The molecule has 1 aliphatic heterocycles. The number of benzene rings is 1. The van der Waals surface area contributed by atoms with E-state index in [0.29, 0.717) is 12.2 Å². The van der Waals surface area contributed by atoms with Crippen molar-refractivity contribution in [1.29, 1.82) is 0 Å². The summed E-state index contributed by atoms with van der Waals surface area (Å²) in [5.74, 6) is 1.04. The fourth-order valence-corrected chi connectivity index (χ4v) is 2.32. The third-order valence-corrected chi connectivity index (χ3v) is 3.63. The molecule has 0 spiro atoms. The monoisotopic (exact) mass is 248 g/mol. The van der Waals surface area contributed by atoms with Crippen LogP contribution in [0.4, 0.5) is 0 Å². The predicted octanol–water partition coefficient (Wildman–Crippen LogP) is 3.81. The molecule has 18 heavy (non-hydrogen) atoms. The van der Waals surface area contributed by atoms with Gasteiger partial charge in [-0.15, -0.1) is 0 Å². The van der Waals surface area contributed by atoms with E-state index in [1.54, 1.807) is 0 Å². The molecule has 100 valence electrons. The molecule has 1 aromatic carbocycles. The Kier molecular flexibility index (Phi) is 4.28. The average Bonchev–Trinajstić information content (AvgIpc) is 3.04. The first-order valence-electron chi connectivity index (χ1n) is 7.00. The molecule has 1 saturated heterocycles. The van der Waals surface area contributed by atoms with Crippen LogP contribution in [0.5, 0.6) is 5.75 Å². The van der Waals surface area contributed by atoms with E-state index < -0.39 is 0 Å². The second-order valence-corrected chi connectivity index (χ2v) is 5.31. The third-order valence-electron chi connectivity index (χ3n) is 3.63. The molecule has 0 radical (unpaired) electrons. The van der Waals surface area contributed by atoms with Crippen LogP contribution in [0.25, 0.3) is 0 Å². The molecule has 2 atom stereocenters. The SMILES string of the molecule is CCCOc1cc(C)c(CCC2OC2C)cc1C. The highest BCUT2D eigenvalue weighted by molar-refractivity contribution is 5.41. The summed E-state index contributed by atoms with van der Waals surface area (Å²) in [7, 11) is 0. The zero-order valence-electron chi connectivity index (χ0n) is 12.0. The molecule has 2 heteroatoms. The summed E-state index contributed by atoms with van der Waals surface area (Å²) in [6, 6.07) is 4.45. The second-order valence-electron chi connectivity index (χ2n) is 5.31. The van der Waals surface area contributed by atoms with E-state index in [9.17, 15) is 0 Å². The molecule has 1 fully saturated rings. The van der Waals surface area contributed by atoms with Gasteiger partial charge in [-0.1, -0.05) is 13.0 Å². The van der Waals surface area contributed by atoms with Crippen LogP contribution in [-0.2, 0) is 11.2 Å². The van der Waals surface area contributed by atoms with Crippen LogP contribution in [0.2, 0.25) is 0 Å². The van der Waals surface area contributed by atoms with Gasteiger partial charge >= 0.3 is 0 Å². The molecular formula is C16H24O2. The standard InChI is InChI=1S/C16H24O2/c1-5-8-17-16-10-11(2)14(9-12(16)3)6-7-15-13(4)18-15/h9-10,13,15H,5-8H2,1-4H3. The van der Waals surface area contributed by atoms with Gasteiger partial charge in [-0.25, -0.2) is 0 Å². The smallest absolute Gasteiger partial charge is 0.122 e. The Bertz CT molecular complexity index is 412. The first-order chi connectivity index (χ1) is 8.61. The summed E-state index contributed by atoms with van der Waals surface area (Å²) in [6.45, 7) is 9.37. The Morgan fingerprint density at radius 2 is 1.94 bits per heavy atom. The van der Waals surface area contributed by atoms with E-state index in [2.05, 4.69) is 39.8 Å². The molecule has 1 aromatic rings. The third kappa shape index (κ3) is 3.26. The van der Waals surface area contributed by atoms with E-state index in [4.69, 9.17) is 9.47 Å². The molecule has 2 rings (SSSR count). The maximum atomic E-state index is 5.75. The minimum absolute atomic E-state index is 0.471. The zero-order valence-corrected chi connectivity index (χ0v) is 12.0. The molecule has 2 nitrogen and oxygen atoms in total. The lowest BCUT2D eigenvalue weighted by Gasteiger charge is -2.12. The van der Waals surface area contributed by atoms with Crippen molar-refractivity contribution < 1.29 is 9.47 Å². The number of rotatable bonds is 6. The van der Waals surface area contributed by atoms with Gasteiger partial charge in [0.15, 0.2) is 0 Å². The van der Waals surface area contributed by atoms with Crippen molar-refractivity contribution >= 4 is 0 Å². The Morgan fingerprint density at radius 1 is 1.22 bits per heavy atom. The van der Waals surface area contributed by atoms with Crippen molar-refractivity contribution in [1.82, 2.24) is 0 Å². The van der Waals surface area contributed by atoms with Crippen molar-refractivity contribution in [3.63, 3.8) is 0 Å². The molecular weight excluding hydrogens is 224 g/mol.